The minimum atomic E-state index is -0.922. The maximum Gasteiger partial charge on any atom is 0.109 e. The third kappa shape index (κ3) is 1.73. The molecule has 2 N–H and O–H groups in total. The van der Waals surface area contributed by atoms with E-state index in [1.807, 2.05) is 0 Å². The molecule has 0 spiro atoms. The molecule has 2 heteroatoms. The van der Waals surface area contributed by atoms with Gasteiger partial charge in [0.25, 0.3) is 0 Å². The van der Waals surface area contributed by atoms with Crippen LogP contribution in [0, 0.1) is 5.41 Å². The summed E-state index contributed by atoms with van der Waals surface area (Å²) in [5.74, 6) is 0. The quantitative estimate of drug-likeness (QED) is 0.671. The zero-order chi connectivity index (χ0) is 8.54. The molecular formula is C9H18FN. The van der Waals surface area contributed by atoms with Crippen LogP contribution < -0.4 is 5.73 Å². The minimum absolute atomic E-state index is 0.151. The van der Waals surface area contributed by atoms with Gasteiger partial charge in [0.2, 0.25) is 0 Å². The largest absolute Gasteiger partial charge is 0.330 e. The summed E-state index contributed by atoms with van der Waals surface area (Å²) in [4.78, 5) is 0. The number of hydrogen-bond donors (Lipinski definition) is 1. The van der Waals surface area contributed by atoms with Crippen molar-refractivity contribution in [1.29, 1.82) is 0 Å². The maximum absolute atomic E-state index is 13.2. The van der Waals surface area contributed by atoms with Crippen LogP contribution in [-0.2, 0) is 0 Å². The minimum Gasteiger partial charge on any atom is -0.330 e. The Bertz CT molecular complexity index is 134. The molecule has 0 unspecified atom stereocenters. The van der Waals surface area contributed by atoms with E-state index in [0.29, 0.717) is 19.4 Å². The van der Waals surface area contributed by atoms with Gasteiger partial charge in [-0.05, 0) is 38.1 Å². The van der Waals surface area contributed by atoms with Crippen molar-refractivity contribution in [2.75, 3.05) is 6.54 Å². The van der Waals surface area contributed by atoms with Crippen LogP contribution in [0.2, 0.25) is 0 Å². The smallest absolute Gasteiger partial charge is 0.109 e. The van der Waals surface area contributed by atoms with Crippen LogP contribution in [-0.4, -0.2) is 12.2 Å². The Labute approximate surface area is 68.2 Å². The zero-order valence-electron chi connectivity index (χ0n) is 7.49. The average Bonchev–Trinajstić information content (AvgIpc) is 1.84. The van der Waals surface area contributed by atoms with E-state index < -0.39 is 5.67 Å². The molecule has 0 bridgehead atoms. The molecule has 0 aromatic rings. The lowest BCUT2D eigenvalue weighted by Gasteiger charge is -2.50. The monoisotopic (exact) mass is 159 g/mol. The Morgan fingerprint density at radius 2 is 2.00 bits per heavy atom. The molecule has 0 heterocycles. The van der Waals surface area contributed by atoms with Gasteiger partial charge in [-0.1, -0.05) is 13.3 Å². The van der Waals surface area contributed by atoms with Crippen molar-refractivity contribution in [3.8, 4) is 0 Å². The number of hydrogen-bond acceptors (Lipinski definition) is 1. The summed E-state index contributed by atoms with van der Waals surface area (Å²) >= 11 is 0. The molecule has 1 rings (SSSR count). The van der Waals surface area contributed by atoms with Crippen LogP contribution in [0.5, 0.6) is 0 Å². The molecule has 0 radical (unpaired) electrons. The molecule has 11 heavy (non-hydrogen) atoms. The molecule has 0 amide bonds. The van der Waals surface area contributed by atoms with Gasteiger partial charge in [0.15, 0.2) is 0 Å². The Hall–Kier alpha value is -0.110. The summed E-state index contributed by atoms with van der Waals surface area (Å²) in [6.45, 7) is 4.46. The molecule has 66 valence electrons. The highest BCUT2D eigenvalue weighted by Gasteiger charge is 2.50. The van der Waals surface area contributed by atoms with Gasteiger partial charge in [0.05, 0.1) is 0 Å². The second-order valence-electron chi connectivity index (χ2n) is 4.22. The summed E-state index contributed by atoms with van der Waals surface area (Å²) in [6, 6.07) is 0. The van der Waals surface area contributed by atoms with Crippen molar-refractivity contribution in [2.24, 2.45) is 11.1 Å². The fraction of sp³-hybridized carbons (Fsp3) is 1.00. The predicted molar refractivity (Wildman–Crippen MR) is 45.1 cm³/mol. The first kappa shape index (κ1) is 8.98. The van der Waals surface area contributed by atoms with Gasteiger partial charge in [0, 0.05) is 0 Å². The van der Waals surface area contributed by atoms with Gasteiger partial charge in [-0.15, -0.1) is 0 Å². The second-order valence-corrected chi connectivity index (χ2v) is 4.22. The summed E-state index contributed by atoms with van der Waals surface area (Å²) in [7, 11) is 0. The number of nitrogens with two attached hydrogens (primary N) is 1. The van der Waals surface area contributed by atoms with E-state index in [-0.39, 0.29) is 5.41 Å². The van der Waals surface area contributed by atoms with Gasteiger partial charge < -0.3 is 5.73 Å². The van der Waals surface area contributed by atoms with Crippen LogP contribution in [0.4, 0.5) is 4.39 Å². The fourth-order valence-corrected chi connectivity index (χ4v) is 2.47. The third-order valence-electron chi connectivity index (χ3n) is 2.70. The highest BCUT2D eigenvalue weighted by atomic mass is 19.1. The lowest BCUT2D eigenvalue weighted by Crippen LogP contribution is -2.51. The highest BCUT2D eigenvalue weighted by Crippen LogP contribution is 2.52. The predicted octanol–water partition coefficient (Wildman–Crippen LogP) is 2.25. The molecule has 1 aliphatic rings. The van der Waals surface area contributed by atoms with Gasteiger partial charge in [-0.3, -0.25) is 0 Å². The lowest BCUT2D eigenvalue weighted by atomic mass is 9.59. The van der Waals surface area contributed by atoms with Crippen molar-refractivity contribution < 1.29 is 4.39 Å². The van der Waals surface area contributed by atoms with E-state index >= 15 is 0 Å². The van der Waals surface area contributed by atoms with Gasteiger partial charge >= 0.3 is 0 Å². The molecule has 0 aromatic heterocycles. The van der Waals surface area contributed by atoms with E-state index in [1.165, 1.54) is 0 Å². The van der Waals surface area contributed by atoms with E-state index in [9.17, 15) is 4.39 Å². The van der Waals surface area contributed by atoms with E-state index in [4.69, 9.17) is 5.73 Å². The molecule has 1 nitrogen and oxygen atoms in total. The Balaban J connectivity index is 2.43. The van der Waals surface area contributed by atoms with Crippen LogP contribution in [0.25, 0.3) is 0 Å². The Morgan fingerprint density at radius 3 is 2.27 bits per heavy atom. The first-order chi connectivity index (χ1) is 5.04. The SMILES string of the molecule is CCCC1(CN)CC(C)(F)C1. The zero-order valence-corrected chi connectivity index (χ0v) is 7.49. The summed E-state index contributed by atoms with van der Waals surface area (Å²) in [6.07, 6.45) is 3.55. The van der Waals surface area contributed by atoms with E-state index in [2.05, 4.69) is 6.92 Å². The topological polar surface area (TPSA) is 26.0 Å². The van der Waals surface area contributed by atoms with Gasteiger partial charge in [-0.2, -0.15) is 0 Å². The first-order valence-corrected chi connectivity index (χ1v) is 4.43. The Kier molecular flexibility index (Phi) is 2.24. The van der Waals surface area contributed by atoms with Crippen molar-refractivity contribution in [3.63, 3.8) is 0 Å². The van der Waals surface area contributed by atoms with Crippen molar-refractivity contribution in [3.05, 3.63) is 0 Å². The lowest BCUT2D eigenvalue weighted by molar-refractivity contribution is -0.0538. The number of halogens is 1. The molecule has 0 aliphatic heterocycles. The first-order valence-electron chi connectivity index (χ1n) is 4.43. The van der Waals surface area contributed by atoms with E-state index in [0.717, 1.165) is 12.8 Å². The van der Waals surface area contributed by atoms with E-state index in [1.54, 1.807) is 6.92 Å². The van der Waals surface area contributed by atoms with Crippen LogP contribution in [0.15, 0.2) is 0 Å². The van der Waals surface area contributed by atoms with Crippen LogP contribution in [0.3, 0.4) is 0 Å². The standard InChI is InChI=1S/C9H18FN/c1-3-4-9(7-11)5-8(2,10)6-9/h3-7,11H2,1-2H3. The average molecular weight is 159 g/mol. The molecule has 0 aromatic carbocycles. The Morgan fingerprint density at radius 1 is 1.45 bits per heavy atom. The number of alkyl halides is 1. The molecule has 1 aliphatic carbocycles. The van der Waals surface area contributed by atoms with Gasteiger partial charge in [0.1, 0.15) is 5.67 Å². The highest BCUT2D eigenvalue weighted by molar-refractivity contribution is 5.02. The summed E-state index contributed by atoms with van der Waals surface area (Å²) in [5.41, 5.74) is 4.84. The summed E-state index contributed by atoms with van der Waals surface area (Å²) < 4.78 is 13.2. The van der Waals surface area contributed by atoms with Crippen molar-refractivity contribution in [2.45, 2.75) is 45.2 Å². The second kappa shape index (κ2) is 2.74. The molecule has 0 atom stereocenters. The molecular weight excluding hydrogens is 141 g/mol. The van der Waals surface area contributed by atoms with Crippen LogP contribution >= 0.6 is 0 Å². The van der Waals surface area contributed by atoms with Crippen LogP contribution in [0.1, 0.15) is 39.5 Å². The van der Waals surface area contributed by atoms with Gasteiger partial charge in [-0.25, -0.2) is 4.39 Å². The molecule has 1 fully saturated rings. The summed E-state index contributed by atoms with van der Waals surface area (Å²) in [5, 5.41) is 0. The van der Waals surface area contributed by atoms with Crippen molar-refractivity contribution >= 4 is 0 Å². The molecule has 1 saturated carbocycles. The van der Waals surface area contributed by atoms with Crippen molar-refractivity contribution in [1.82, 2.24) is 0 Å². The number of rotatable bonds is 3. The maximum atomic E-state index is 13.2. The molecule has 0 saturated heterocycles. The fourth-order valence-electron chi connectivity index (χ4n) is 2.47. The normalized spacial score (nSPS) is 43.6. The third-order valence-corrected chi connectivity index (χ3v) is 2.70.